The average Bonchev–Trinajstić information content (AvgIpc) is 2.98. The van der Waals surface area contributed by atoms with Crippen LogP contribution in [0.25, 0.3) is 0 Å². The Morgan fingerprint density at radius 2 is 1.74 bits per heavy atom. The molecule has 19 heavy (non-hydrogen) atoms. The minimum Gasteiger partial charge on any atom is -0.391 e. The van der Waals surface area contributed by atoms with Crippen LogP contribution in [-0.2, 0) is 4.84 Å². The van der Waals surface area contributed by atoms with Gasteiger partial charge in [-0.05, 0) is 63.0 Å². The number of fused-ring (bicyclic) bond motifs is 5. The molecule has 0 N–H and O–H groups in total. The number of oxime groups is 1. The van der Waals surface area contributed by atoms with Crippen molar-refractivity contribution in [1.82, 2.24) is 0 Å². The van der Waals surface area contributed by atoms with Crippen molar-refractivity contribution in [3.63, 3.8) is 0 Å². The molecule has 0 aromatic heterocycles. The van der Waals surface area contributed by atoms with Crippen LogP contribution < -0.4 is 0 Å². The first-order valence-electron chi connectivity index (χ1n) is 7.47. The van der Waals surface area contributed by atoms with Crippen LogP contribution in [0.4, 0.5) is 0 Å². The molecule has 0 saturated heterocycles. The quantitative estimate of drug-likeness (QED) is 0.748. The zero-order valence-corrected chi connectivity index (χ0v) is 11.9. The molecule has 1 heterocycles. The molecular formula is C17H21NO. The predicted octanol–water partition coefficient (Wildman–Crippen LogP) is 3.76. The molecule has 0 amide bonds. The highest BCUT2D eigenvalue weighted by Crippen LogP contribution is 2.53. The van der Waals surface area contributed by atoms with Gasteiger partial charge in [-0.3, -0.25) is 0 Å². The highest BCUT2D eigenvalue weighted by atomic mass is 16.6. The molecule has 2 saturated carbocycles. The Labute approximate surface area is 114 Å². The largest absolute Gasteiger partial charge is 0.391 e. The first kappa shape index (κ1) is 11.5. The summed E-state index contributed by atoms with van der Waals surface area (Å²) >= 11 is 0. The lowest BCUT2D eigenvalue weighted by Gasteiger charge is -2.24. The number of benzene rings is 1. The Bertz CT molecular complexity index is 552. The normalized spacial score (nSPS) is 35.2. The summed E-state index contributed by atoms with van der Waals surface area (Å²) in [5.74, 6) is 2.15. The van der Waals surface area contributed by atoms with Gasteiger partial charge in [0.2, 0.25) is 0 Å². The zero-order valence-electron chi connectivity index (χ0n) is 11.9. The summed E-state index contributed by atoms with van der Waals surface area (Å²) in [6, 6.07) is 4.54. The molecule has 3 aliphatic rings. The van der Waals surface area contributed by atoms with E-state index in [0.717, 1.165) is 11.8 Å². The van der Waals surface area contributed by atoms with Crippen LogP contribution in [0.5, 0.6) is 0 Å². The monoisotopic (exact) mass is 255 g/mol. The van der Waals surface area contributed by atoms with Crippen molar-refractivity contribution in [2.24, 2.45) is 22.9 Å². The van der Waals surface area contributed by atoms with Gasteiger partial charge in [0, 0.05) is 11.5 Å². The number of rotatable bonds is 1. The van der Waals surface area contributed by atoms with E-state index < -0.39 is 0 Å². The molecule has 0 spiro atoms. The van der Waals surface area contributed by atoms with E-state index in [2.05, 4.69) is 38.1 Å². The fourth-order valence-electron chi connectivity index (χ4n) is 4.74. The Hall–Kier alpha value is -1.31. The molecule has 0 unspecified atom stereocenters. The van der Waals surface area contributed by atoms with Crippen molar-refractivity contribution in [2.45, 2.75) is 46.1 Å². The van der Waals surface area contributed by atoms with Crippen molar-refractivity contribution in [3.05, 3.63) is 34.4 Å². The van der Waals surface area contributed by atoms with Gasteiger partial charge in [-0.2, -0.15) is 0 Å². The SMILES string of the molecule is Cc1cc(C)c(C2=NO[C@@H]3[C@H]4CC[C@@H](C4)[C@H]23)c(C)c1. The number of hydrogen-bond acceptors (Lipinski definition) is 2. The van der Waals surface area contributed by atoms with E-state index in [0.29, 0.717) is 12.0 Å². The van der Waals surface area contributed by atoms with Crippen molar-refractivity contribution in [2.75, 3.05) is 0 Å². The van der Waals surface area contributed by atoms with Crippen LogP contribution in [0.2, 0.25) is 0 Å². The van der Waals surface area contributed by atoms with Gasteiger partial charge in [0.15, 0.2) is 0 Å². The molecule has 1 aliphatic heterocycles. The summed E-state index contributed by atoms with van der Waals surface area (Å²) in [7, 11) is 0. The van der Waals surface area contributed by atoms with Gasteiger partial charge in [0.1, 0.15) is 6.10 Å². The molecule has 2 bridgehead atoms. The molecule has 100 valence electrons. The maximum atomic E-state index is 5.81. The topological polar surface area (TPSA) is 21.6 Å². The smallest absolute Gasteiger partial charge is 0.139 e. The van der Waals surface area contributed by atoms with Crippen LogP contribution in [-0.4, -0.2) is 11.8 Å². The summed E-state index contributed by atoms with van der Waals surface area (Å²) in [6.45, 7) is 6.58. The molecule has 1 aromatic rings. The summed E-state index contributed by atoms with van der Waals surface area (Å²) < 4.78 is 0. The minimum absolute atomic E-state index is 0.383. The summed E-state index contributed by atoms with van der Waals surface area (Å²) in [5.41, 5.74) is 6.63. The van der Waals surface area contributed by atoms with Crippen LogP contribution in [0.3, 0.4) is 0 Å². The second-order valence-electron chi connectivity index (χ2n) is 6.68. The van der Waals surface area contributed by atoms with Crippen molar-refractivity contribution in [3.8, 4) is 0 Å². The third kappa shape index (κ3) is 1.52. The molecule has 2 fully saturated rings. The molecule has 0 radical (unpaired) electrons. The fourth-order valence-corrected chi connectivity index (χ4v) is 4.74. The van der Waals surface area contributed by atoms with Crippen molar-refractivity contribution < 1.29 is 4.84 Å². The van der Waals surface area contributed by atoms with Crippen molar-refractivity contribution >= 4 is 5.71 Å². The first-order chi connectivity index (χ1) is 9.15. The highest BCUT2D eigenvalue weighted by molar-refractivity contribution is 6.05. The van der Waals surface area contributed by atoms with Gasteiger partial charge in [0.05, 0.1) is 5.71 Å². The Morgan fingerprint density at radius 3 is 2.47 bits per heavy atom. The van der Waals surface area contributed by atoms with E-state index in [4.69, 9.17) is 4.84 Å². The molecule has 4 rings (SSSR count). The van der Waals surface area contributed by atoms with Crippen LogP contribution >= 0.6 is 0 Å². The maximum Gasteiger partial charge on any atom is 0.139 e. The summed E-state index contributed by atoms with van der Waals surface area (Å²) in [6.07, 6.45) is 4.46. The Balaban J connectivity index is 1.78. The maximum absolute atomic E-state index is 5.81. The van der Waals surface area contributed by atoms with E-state index in [1.54, 1.807) is 0 Å². The van der Waals surface area contributed by atoms with Crippen LogP contribution in [0.1, 0.15) is 41.5 Å². The van der Waals surface area contributed by atoms with Gasteiger partial charge in [0.25, 0.3) is 0 Å². The lowest BCUT2D eigenvalue weighted by molar-refractivity contribution is 0.0275. The molecule has 4 atom stereocenters. The number of hydrogen-bond donors (Lipinski definition) is 0. The van der Waals surface area contributed by atoms with E-state index in [1.807, 2.05) is 0 Å². The van der Waals surface area contributed by atoms with Crippen LogP contribution in [0, 0.1) is 38.5 Å². The van der Waals surface area contributed by atoms with E-state index in [-0.39, 0.29) is 0 Å². The molecule has 2 heteroatoms. The molecule has 2 aliphatic carbocycles. The summed E-state index contributed by atoms with van der Waals surface area (Å²) in [5, 5.41) is 4.50. The van der Waals surface area contributed by atoms with Gasteiger partial charge >= 0.3 is 0 Å². The standard InChI is InChI=1S/C17H21NO/c1-9-6-10(2)14(11(3)7-9)16-15-12-4-5-13(8-12)17(15)19-18-16/h6-7,12-13,15,17H,4-5,8H2,1-3H3/t12-,13-,15+,17+/m0/s1. The third-order valence-electron chi connectivity index (χ3n) is 5.36. The van der Waals surface area contributed by atoms with E-state index in [1.165, 1.54) is 47.2 Å². The van der Waals surface area contributed by atoms with E-state index >= 15 is 0 Å². The lowest BCUT2D eigenvalue weighted by atomic mass is 9.79. The molecular weight excluding hydrogens is 234 g/mol. The van der Waals surface area contributed by atoms with Gasteiger partial charge in [-0.15, -0.1) is 0 Å². The first-order valence-corrected chi connectivity index (χ1v) is 7.47. The van der Waals surface area contributed by atoms with Gasteiger partial charge < -0.3 is 4.84 Å². The van der Waals surface area contributed by atoms with Gasteiger partial charge in [-0.1, -0.05) is 22.9 Å². The number of nitrogens with zero attached hydrogens (tertiary/aromatic N) is 1. The zero-order chi connectivity index (χ0) is 13.1. The second-order valence-corrected chi connectivity index (χ2v) is 6.68. The third-order valence-corrected chi connectivity index (χ3v) is 5.36. The Kier molecular flexibility index (Phi) is 2.33. The van der Waals surface area contributed by atoms with Crippen LogP contribution in [0.15, 0.2) is 17.3 Å². The minimum atomic E-state index is 0.383. The van der Waals surface area contributed by atoms with E-state index in [9.17, 15) is 0 Å². The Morgan fingerprint density at radius 1 is 1.05 bits per heavy atom. The fraction of sp³-hybridized carbons (Fsp3) is 0.588. The molecule has 2 nitrogen and oxygen atoms in total. The number of aryl methyl sites for hydroxylation is 3. The highest BCUT2D eigenvalue weighted by Gasteiger charge is 2.54. The second kappa shape index (κ2) is 3.84. The molecule has 1 aromatic carbocycles. The lowest BCUT2D eigenvalue weighted by Crippen LogP contribution is -2.30. The average molecular weight is 255 g/mol. The predicted molar refractivity (Wildman–Crippen MR) is 76.4 cm³/mol. The van der Waals surface area contributed by atoms with Crippen molar-refractivity contribution in [1.29, 1.82) is 0 Å². The van der Waals surface area contributed by atoms with Gasteiger partial charge in [-0.25, -0.2) is 0 Å². The summed E-state index contributed by atoms with van der Waals surface area (Å²) in [4.78, 5) is 5.81.